The number of rotatable bonds is 4. The quantitative estimate of drug-likeness (QED) is 0.716. The average Bonchev–Trinajstić information content (AvgIpc) is 2.60. The molecule has 1 rings (SSSR count). The second-order valence-electron chi connectivity index (χ2n) is 3.08. The zero-order chi connectivity index (χ0) is 10.6. The Kier molecular flexibility index (Phi) is 3.64. The Morgan fingerprint density at radius 3 is 2.93 bits per heavy atom. The Bertz CT molecular complexity index is 309. The number of aromatic nitrogens is 1. The molecule has 0 aromatic carbocycles. The summed E-state index contributed by atoms with van der Waals surface area (Å²) in [6.07, 6.45) is 0.235. The molecule has 2 N–H and O–H groups in total. The van der Waals surface area contributed by atoms with E-state index in [0.717, 1.165) is 0 Å². The summed E-state index contributed by atoms with van der Waals surface area (Å²) in [5.41, 5.74) is 6.23. The van der Waals surface area contributed by atoms with E-state index in [1.807, 2.05) is 0 Å². The third-order valence-electron chi connectivity index (χ3n) is 1.99. The van der Waals surface area contributed by atoms with Crippen LogP contribution in [0.15, 0.2) is 10.6 Å². The maximum Gasteiger partial charge on any atom is 0.306 e. The number of methoxy groups -OCH3 is 1. The number of aryl methyl sites for hydroxylation is 1. The largest absolute Gasteiger partial charge is 0.469 e. The third-order valence-corrected chi connectivity index (χ3v) is 1.99. The van der Waals surface area contributed by atoms with Gasteiger partial charge in [-0.25, -0.2) is 0 Å². The van der Waals surface area contributed by atoms with Crippen LogP contribution in [0.4, 0.5) is 0 Å². The van der Waals surface area contributed by atoms with Crippen LogP contribution in [0.1, 0.15) is 23.8 Å². The number of nitrogens with zero attached hydrogens (tertiary/aromatic N) is 1. The second-order valence-corrected chi connectivity index (χ2v) is 3.08. The van der Waals surface area contributed by atoms with Crippen LogP contribution in [-0.4, -0.2) is 24.8 Å². The highest BCUT2D eigenvalue weighted by molar-refractivity contribution is 5.70. The minimum Gasteiger partial charge on any atom is -0.469 e. The smallest absolute Gasteiger partial charge is 0.306 e. The van der Waals surface area contributed by atoms with Crippen LogP contribution in [0.5, 0.6) is 0 Å². The van der Waals surface area contributed by atoms with Crippen molar-refractivity contribution >= 4 is 5.97 Å². The van der Waals surface area contributed by atoms with Gasteiger partial charge in [0.05, 0.1) is 19.2 Å². The van der Waals surface area contributed by atoms with Crippen LogP contribution in [-0.2, 0) is 9.53 Å². The first-order valence-electron chi connectivity index (χ1n) is 4.37. The molecule has 0 fully saturated rings. The Labute approximate surface area is 82.2 Å². The summed E-state index contributed by atoms with van der Waals surface area (Å²) >= 11 is 0. The van der Waals surface area contributed by atoms with Gasteiger partial charge in [0.25, 0.3) is 0 Å². The van der Waals surface area contributed by atoms with Gasteiger partial charge in [-0.15, -0.1) is 0 Å². The van der Waals surface area contributed by atoms with Crippen molar-refractivity contribution in [1.29, 1.82) is 0 Å². The fourth-order valence-corrected chi connectivity index (χ4v) is 1.17. The van der Waals surface area contributed by atoms with Gasteiger partial charge in [-0.3, -0.25) is 4.79 Å². The van der Waals surface area contributed by atoms with E-state index in [2.05, 4.69) is 9.89 Å². The SMILES string of the molecule is COC(=O)CC(CN)c1cc(C)on1. The lowest BCUT2D eigenvalue weighted by atomic mass is 10.0. The number of esters is 1. The van der Waals surface area contributed by atoms with Crippen LogP contribution in [0.3, 0.4) is 0 Å². The Morgan fingerprint density at radius 1 is 1.79 bits per heavy atom. The van der Waals surface area contributed by atoms with Crippen LogP contribution in [0, 0.1) is 6.92 Å². The minimum absolute atomic E-state index is 0.125. The first kappa shape index (κ1) is 10.7. The molecule has 0 saturated carbocycles. The minimum atomic E-state index is -0.291. The van der Waals surface area contributed by atoms with E-state index >= 15 is 0 Å². The van der Waals surface area contributed by atoms with Crippen molar-refractivity contribution in [3.63, 3.8) is 0 Å². The van der Waals surface area contributed by atoms with Crippen molar-refractivity contribution < 1.29 is 14.1 Å². The molecular formula is C9H14N2O3. The standard InChI is InChI=1S/C9H14N2O3/c1-6-3-8(11-14-6)7(5-10)4-9(12)13-2/h3,7H,4-5,10H2,1-2H3. The van der Waals surface area contributed by atoms with E-state index < -0.39 is 0 Å². The molecule has 0 spiro atoms. The van der Waals surface area contributed by atoms with Crippen molar-refractivity contribution in [2.24, 2.45) is 5.73 Å². The molecule has 5 nitrogen and oxygen atoms in total. The number of hydrogen-bond donors (Lipinski definition) is 1. The van der Waals surface area contributed by atoms with Gasteiger partial charge in [-0.2, -0.15) is 0 Å². The van der Waals surface area contributed by atoms with Gasteiger partial charge in [-0.05, 0) is 6.92 Å². The van der Waals surface area contributed by atoms with Crippen molar-refractivity contribution in [3.05, 3.63) is 17.5 Å². The third kappa shape index (κ3) is 2.56. The number of nitrogens with two attached hydrogens (primary N) is 1. The van der Waals surface area contributed by atoms with Crippen LogP contribution in [0.2, 0.25) is 0 Å². The van der Waals surface area contributed by atoms with E-state index in [4.69, 9.17) is 10.3 Å². The van der Waals surface area contributed by atoms with Gasteiger partial charge < -0.3 is 15.0 Å². The zero-order valence-corrected chi connectivity index (χ0v) is 8.32. The normalized spacial score (nSPS) is 12.5. The molecule has 0 aliphatic rings. The molecule has 0 amide bonds. The lowest BCUT2D eigenvalue weighted by Gasteiger charge is -2.08. The monoisotopic (exact) mass is 198 g/mol. The molecule has 0 aliphatic heterocycles. The molecule has 0 bridgehead atoms. The number of ether oxygens (including phenoxy) is 1. The lowest BCUT2D eigenvalue weighted by Crippen LogP contribution is -2.17. The highest BCUT2D eigenvalue weighted by atomic mass is 16.5. The van der Waals surface area contributed by atoms with E-state index in [1.165, 1.54) is 7.11 Å². The van der Waals surface area contributed by atoms with Gasteiger partial charge in [0.1, 0.15) is 5.76 Å². The molecular weight excluding hydrogens is 184 g/mol. The van der Waals surface area contributed by atoms with Crippen molar-refractivity contribution in [2.75, 3.05) is 13.7 Å². The fraction of sp³-hybridized carbons (Fsp3) is 0.556. The first-order valence-corrected chi connectivity index (χ1v) is 4.37. The van der Waals surface area contributed by atoms with Crippen LogP contribution in [0.25, 0.3) is 0 Å². The summed E-state index contributed by atoms with van der Waals surface area (Å²) in [6, 6.07) is 1.78. The second kappa shape index (κ2) is 4.76. The van der Waals surface area contributed by atoms with Gasteiger partial charge in [-0.1, -0.05) is 5.16 Å². The van der Waals surface area contributed by atoms with Gasteiger partial charge in [0.2, 0.25) is 0 Å². The average molecular weight is 198 g/mol. The number of hydrogen-bond acceptors (Lipinski definition) is 5. The van der Waals surface area contributed by atoms with Crippen molar-refractivity contribution in [1.82, 2.24) is 5.16 Å². The predicted molar refractivity (Wildman–Crippen MR) is 49.7 cm³/mol. The van der Waals surface area contributed by atoms with E-state index in [0.29, 0.717) is 18.0 Å². The molecule has 14 heavy (non-hydrogen) atoms. The lowest BCUT2D eigenvalue weighted by molar-refractivity contribution is -0.141. The van der Waals surface area contributed by atoms with Crippen LogP contribution < -0.4 is 5.73 Å². The number of carbonyl (C=O) groups excluding carboxylic acids is 1. The predicted octanol–water partition coefficient (Wildman–Crippen LogP) is 0.588. The van der Waals surface area contributed by atoms with Crippen molar-refractivity contribution in [3.8, 4) is 0 Å². The van der Waals surface area contributed by atoms with Crippen molar-refractivity contribution in [2.45, 2.75) is 19.3 Å². The Morgan fingerprint density at radius 2 is 2.50 bits per heavy atom. The molecule has 0 radical (unpaired) electrons. The summed E-state index contributed by atoms with van der Waals surface area (Å²) in [7, 11) is 1.35. The van der Waals surface area contributed by atoms with E-state index in [9.17, 15) is 4.79 Å². The number of carbonyl (C=O) groups is 1. The maximum absolute atomic E-state index is 11.0. The van der Waals surface area contributed by atoms with Gasteiger partial charge in [0, 0.05) is 18.5 Å². The summed E-state index contributed by atoms with van der Waals surface area (Å²) in [5.74, 6) is 0.296. The summed E-state index contributed by atoms with van der Waals surface area (Å²) < 4.78 is 9.46. The molecule has 1 unspecified atom stereocenters. The maximum atomic E-state index is 11.0. The molecule has 5 heteroatoms. The topological polar surface area (TPSA) is 78.4 Å². The molecule has 0 saturated heterocycles. The van der Waals surface area contributed by atoms with Crippen LogP contribution >= 0.6 is 0 Å². The highest BCUT2D eigenvalue weighted by Crippen LogP contribution is 2.18. The van der Waals surface area contributed by atoms with Gasteiger partial charge in [0.15, 0.2) is 0 Å². The summed E-state index contributed by atoms with van der Waals surface area (Å²) in [4.78, 5) is 11.0. The van der Waals surface area contributed by atoms with E-state index in [1.54, 1.807) is 13.0 Å². The summed E-state index contributed by atoms with van der Waals surface area (Å²) in [5, 5.41) is 3.81. The Hall–Kier alpha value is -1.36. The van der Waals surface area contributed by atoms with Gasteiger partial charge >= 0.3 is 5.97 Å². The molecule has 1 atom stereocenters. The zero-order valence-electron chi connectivity index (χ0n) is 8.32. The molecule has 78 valence electrons. The molecule has 1 heterocycles. The molecule has 1 aromatic rings. The summed E-state index contributed by atoms with van der Waals surface area (Å²) in [6.45, 7) is 2.14. The Balaban J connectivity index is 2.67. The van der Waals surface area contributed by atoms with E-state index in [-0.39, 0.29) is 18.3 Å². The molecule has 0 aliphatic carbocycles. The molecule has 1 aromatic heterocycles. The first-order chi connectivity index (χ1) is 6.67. The fourth-order valence-electron chi connectivity index (χ4n) is 1.17. The highest BCUT2D eigenvalue weighted by Gasteiger charge is 2.18.